The van der Waals surface area contributed by atoms with Crippen LogP contribution in [0.2, 0.25) is 0 Å². The molecule has 136 valence electrons. The third-order valence-corrected chi connectivity index (χ3v) is 4.60. The Morgan fingerprint density at radius 1 is 1.11 bits per heavy atom. The predicted octanol–water partition coefficient (Wildman–Crippen LogP) is 4.29. The largest absolute Gasteiger partial charge is 0.478 e. The van der Waals surface area contributed by atoms with Crippen LogP contribution >= 0.6 is 11.8 Å². The van der Waals surface area contributed by atoms with E-state index in [1.807, 2.05) is 31.2 Å². The van der Waals surface area contributed by atoms with Crippen LogP contribution in [0, 0.1) is 17.0 Å². The number of carboxylic acid groups (broad SMARTS) is 1. The van der Waals surface area contributed by atoms with Gasteiger partial charge in [-0.25, -0.2) is 14.8 Å². The zero-order valence-corrected chi connectivity index (χ0v) is 14.9. The van der Waals surface area contributed by atoms with Crippen LogP contribution in [0.5, 0.6) is 0 Å². The lowest BCUT2D eigenvalue weighted by Gasteiger charge is -2.09. The number of nitrogens with zero attached hydrogens (tertiary/aromatic N) is 3. The highest BCUT2D eigenvalue weighted by molar-refractivity contribution is 7.99. The summed E-state index contributed by atoms with van der Waals surface area (Å²) in [7, 11) is 0. The van der Waals surface area contributed by atoms with Gasteiger partial charge in [0.25, 0.3) is 0 Å². The van der Waals surface area contributed by atoms with Crippen molar-refractivity contribution in [3.8, 4) is 0 Å². The lowest BCUT2D eigenvalue weighted by atomic mass is 10.2. The molecule has 3 rings (SSSR count). The quantitative estimate of drug-likeness (QED) is 0.368. The van der Waals surface area contributed by atoms with Crippen LogP contribution in [0.4, 0.5) is 17.2 Å². The number of anilines is 2. The van der Waals surface area contributed by atoms with Gasteiger partial charge < -0.3 is 10.4 Å². The Hall–Kier alpha value is -3.46. The number of aromatic carboxylic acids is 1. The van der Waals surface area contributed by atoms with Gasteiger partial charge >= 0.3 is 11.7 Å². The molecule has 3 aromatic rings. The van der Waals surface area contributed by atoms with E-state index in [1.54, 1.807) is 0 Å². The van der Waals surface area contributed by atoms with E-state index in [0.717, 1.165) is 10.5 Å². The Balaban J connectivity index is 1.92. The number of hydrogen-bond donors (Lipinski definition) is 2. The van der Waals surface area contributed by atoms with Crippen molar-refractivity contribution in [3.63, 3.8) is 0 Å². The highest BCUT2D eigenvalue weighted by Crippen LogP contribution is 2.37. The van der Waals surface area contributed by atoms with Crippen molar-refractivity contribution in [1.82, 2.24) is 9.97 Å². The summed E-state index contributed by atoms with van der Waals surface area (Å²) >= 11 is 1.17. The number of nitro groups is 1. The van der Waals surface area contributed by atoms with Crippen LogP contribution in [0.3, 0.4) is 0 Å². The summed E-state index contributed by atoms with van der Waals surface area (Å²) < 4.78 is 0. The Morgan fingerprint density at radius 2 is 1.78 bits per heavy atom. The Morgan fingerprint density at radius 3 is 2.37 bits per heavy atom. The maximum absolute atomic E-state index is 11.6. The van der Waals surface area contributed by atoms with Gasteiger partial charge in [0.05, 0.1) is 10.5 Å². The summed E-state index contributed by atoms with van der Waals surface area (Å²) in [5.41, 5.74) is 1.44. The number of rotatable bonds is 6. The van der Waals surface area contributed by atoms with Crippen LogP contribution in [-0.2, 0) is 0 Å². The molecule has 0 aliphatic carbocycles. The zero-order valence-electron chi connectivity index (χ0n) is 14.1. The van der Waals surface area contributed by atoms with Gasteiger partial charge in [-0.2, -0.15) is 0 Å². The van der Waals surface area contributed by atoms with Gasteiger partial charge in [0.1, 0.15) is 6.33 Å². The summed E-state index contributed by atoms with van der Waals surface area (Å²) in [5.74, 6) is -1.01. The molecule has 0 aliphatic rings. The molecule has 2 aromatic carbocycles. The first-order valence-corrected chi connectivity index (χ1v) is 8.60. The summed E-state index contributed by atoms with van der Waals surface area (Å²) in [6.45, 7) is 1.96. The smallest absolute Gasteiger partial charge is 0.343 e. The molecule has 0 aliphatic heterocycles. The minimum Gasteiger partial charge on any atom is -0.478 e. The van der Waals surface area contributed by atoms with Crippen LogP contribution < -0.4 is 5.32 Å². The lowest BCUT2D eigenvalue weighted by Crippen LogP contribution is -2.03. The van der Waals surface area contributed by atoms with Crippen molar-refractivity contribution in [1.29, 1.82) is 0 Å². The third-order valence-electron chi connectivity index (χ3n) is 3.60. The minimum atomic E-state index is -1.05. The molecular formula is C18H14N4O4S. The van der Waals surface area contributed by atoms with Gasteiger partial charge in [-0.05, 0) is 43.3 Å². The second kappa shape index (κ2) is 7.83. The molecule has 1 heterocycles. The zero-order chi connectivity index (χ0) is 19.4. The summed E-state index contributed by atoms with van der Waals surface area (Å²) in [6.07, 6.45) is 1.25. The van der Waals surface area contributed by atoms with Crippen molar-refractivity contribution in [2.45, 2.75) is 16.8 Å². The Bertz CT molecular complexity index is 991. The van der Waals surface area contributed by atoms with Crippen molar-refractivity contribution in [3.05, 3.63) is 76.1 Å². The maximum atomic E-state index is 11.6. The van der Waals surface area contributed by atoms with Crippen molar-refractivity contribution >= 4 is 34.9 Å². The van der Waals surface area contributed by atoms with E-state index in [4.69, 9.17) is 5.11 Å². The number of benzene rings is 2. The van der Waals surface area contributed by atoms with Crippen molar-refractivity contribution in [2.75, 3.05) is 5.32 Å². The van der Waals surface area contributed by atoms with E-state index < -0.39 is 10.9 Å². The maximum Gasteiger partial charge on any atom is 0.343 e. The van der Waals surface area contributed by atoms with Crippen LogP contribution in [0.1, 0.15) is 15.9 Å². The second-order valence-corrected chi connectivity index (χ2v) is 6.62. The highest BCUT2D eigenvalue weighted by Gasteiger charge is 2.24. The molecule has 2 N–H and O–H groups in total. The summed E-state index contributed by atoms with van der Waals surface area (Å²) in [6, 6.07) is 13.4. The Kier molecular flexibility index (Phi) is 5.32. The lowest BCUT2D eigenvalue weighted by molar-refractivity contribution is -0.387. The molecule has 0 unspecified atom stereocenters. The number of aromatic nitrogens is 2. The van der Waals surface area contributed by atoms with Crippen LogP contribution in [0.25, 0.3) is 0 Å². The van der Waals surface area contributed by atoms with E-state index in [1.165, 1.54) is 42.4 Å². The van der Waals surface area contributed by atoms with Crippen LogP contribution in [0.15, 0.2) is 64.8 Å². The fourth-order valence-corrected chi connectivity index (χ4v) is 3.11. The minimum absolute atomic E-state index is 0.0349. The molecule has 0 amide bonds. The summed E-state index contributed by atoms with van der Waals surface area (Å²) in [5, 5.41) is 23.6. The normalized spacial score (nSPS) is 10.4. The topological polar surface area (TPSA) is 118 Å². The van der Waals surface area contributed by atoms with Gasteiger partial charge in [-0.1, -0.05) is 29.5 Å². The molecule has 0 spiro atoms. The van der Waals surface area contributed by atoms with Crippen molar-refractivity contribution in [2.24, 2.45) is 0 Å². The molecule has 27 heavy (non-hydrogen) atoms. The predicted molar refractivity (Wildman–Crippen MR) is 101 cm³/mol. The highest BCUT2D eigenvalue weighted by atomic mass is 32.2. The van der Waals surface area contributed by atoms with Crippen LogP contribution in [-0.4, -0.2) is 26.0 Å². The average molecular weight is 382 g/mol. The van der Waals surface area contributed by atoms with Gasteiger partial charge in [0.2, 0.25) is 5.82 Å². The first-order valence-electron chi connectivity index (χ1n) is 7.78. The van der Waals surface area contributed by atoms with Gasteiger partial charge in [-0.15, -0.1) is 0 Å². The Labute approximate surface area is 158 Å². The molecule has 0 radical (unpaired) electrons. The number of hydrogen-bond acceptors (Lipinski definition) is 7. The first kappa shape index (κ1) is 18.3. The molecule has 0 fully saturated rings. The molecule has 0 saturated carbocycles. The standard InChI is InChI=1S/C18H14N4O4S/c1-11-2-8-14(9-3-11)27-17-15(22(25)26)16(19-10-20-17)21-13-6-4-12(5-7-13)18(23)24/h2-10H,1H3,(H,23,24)(H,19,20,21). The third kappa shape index (κ3) is 4.39. The first-order chi connectivity index (χ1) is 12.9. The average Bonchev–Trinajstić information content (AvgIpc) is 2.64. The second-order valence-electron chi connectivity index (χ2n) is 5.56. The number of carbonyl (C=O) groups is 1. The molecule has 0 atom stereocenters. The fourth-order valence-electron chi connectivity index (χ4n) is 2.24. The number of aryl methyl sites for hydroxylation is 1. The molecular weight excluding hydrogens is 368 g/mol. The van der Waals surface area contributed by atoms with E-state index in [-0.39, 0.29) is 22.1 Å². The monoisotopic (exact) mass is 382 g/mol. The van der Waals surface area contributed by atoms with E-state index in [2.05, 4.69) is 15.3 Å². The number of nitrogens with one attached hydrogen (secondary N) is 1. The van der Waals surface area contributed by atoms with E-state index in [9.17, 15) is 14.9 Å². The number of carboxylic acids is 1. The SMILES string of the molecule is Cc1ccc(Sc2ncnc(Nc3ccc(C(=O)O)cc3)c2[N+](=O)[O-])cc1. The van der Waals surface area contributed by atoms with E-state index >= 15 is 0 Å². The van der Waals surface area contributed by atoms with Gasteiger partial charge in [0, 0.05) is 10.6 Å². The molecule has 1 aromatic heterocycles. The molecule has 0 bridgehead atoms. The van der Waals surface area contributed by atoms with Gasteiger partial charge in [0.15, 0.2) is 5.03 Å². The van der Waals surface area contributed by atoms with Gasteiger partial charge in [-0.3, -0.25) is 10.1 Å². The van der Waals surface area contributed by atoms with Crippen molar-refractivity contribution < 1.29 is 14.8 Å². The molecule has 8 nitrogen and oxygen atoms in total. The molecule has 0 saturated heterocycles. The summed E-state index contributed by atoms with van der Waals surface area (Å²) in [4.78, 5) is 30.8. The fraction of sp³-hybridized carbons (Fsp3) is 0.0556. The van der Waals surface area contributed by atoms with E-state index in [0.29, 0.717) is 5.69 Å². The molecule has 9 heteroatoms.